The van der Waals surface area contributed by atoms with Gasteiger partial charge in [0.2, 0.25) is 0 Å². The van der Waals surface area contributed by atoms with E-state index in [0.717, 1.165) is 64.8 Å². The number of carbonyl (C=O) groups is 1. The Bertz CT molecular complexity index is 1730. The summed E-state index contributed by atoms with van der Waals surface area (Å²) in [5, 5.41) is 10.2. The van der Waals surface area contributed by atoms with Gasteiger partial charge < -0.3 is 9.84 Å². The maximum atomic E-state index is 12.5. The highest BCUT2D eigenvalue weighted by atomic mass is 16.5. The molecule has 0 saturated heterocycles. The van der Waals surface area contributed by atoms with Crippen molar-refractivity contribution in [3.63, 3.8) is 0 Å². The van der Waals surface area contributed by atoms with E-state index in [4.69, 9.17) is 14.7 Å². The lowest BCUT2D eigenvalue weighted by Gasteiger charge is -2.54. The molecule has 2 heterocycles. The number of ether oxygens (including phenoxy) is 1. The molecule has 0 radical (unpaired) electrons. The summed E-state index contributed by atoms with van der Waals surface area (Å²) < 4.78 is 6.24. The second kappa shape index (κ2) is 11.5. The zero-order valence-electron chi connectivity index (χ0n) is 24.8. The molecule has 0 unspecified atom stereocenters. The van der Waals surface area contributed by atoms with Gasteiger partial charge in [0, 0.05) is 35.5 Å². The van der Waals surface area contributed by atoms with E-state index in [9.17, 15) is 9.90 Å². The molecule has 1 fully saturated rings. The van der Waals surface area contributed by atoms with Crippen LogP contribution < -0.4 is 4.74 Å². The summed E-state index contributed by atoms with van der Waals surface area (Å²) in [6, 6.07) is 28.1. The van der Waals surface area contributed by atoms with Crippen LogP contribution in [-0.2, 0) is 12.0 Å². The van der Waals surface area contributed by atoms with Gasteiger partial charge in [-0.3, -0.25) is 9.88 Å². The summed E-state index contributed by atoms with van der Waals surface area (Å²) in [5.41, 5.74) is 6.00. The molecule has 1 aliphatic carbocycles. The van der Waals surface area contributed by atoms with Crippen molar-refractivity contribution in [2.75, 3.05) is 6.61 Å². The first kappa shape index (κ1) is 28.3. The van der Waals surface area contributed by atoms with E-state index < -0.39 is 17.2 Å². The number of hydrogen-bond acceptors (Lipinski definition) is 5. The van der Waals surface area contributed by atoms with Gasteiger partial charge in [-0.2, -0.15) is 0 Å². The number of aromatic nitrogens is 3. The summed E-state index contributed by atoms with van der Waals surface area (Å²) in [4.78, 5) is 28.5. The number of hydrogen-bond donors (Lipinski definition) is 1. The molecule has 3 aromatic carbocycles. The molecule has 43 heavy (non-hydrogen) atoms. The SMILES string of the molecule is CC(C)(C)N(C(=O)O)C1(c2ccc(-c3nc4c(OCCc5ccncc5)cccc4nc3-c3ccccc3)cc2)CCC1. The summed E-state index contributed by atoms with van der Waals surface area (Å²) in [6.45, 7) is 6.39. The Morgan fingerprint density at radius 2 is 1.53 bits per heavy atom. The van der Waals surface area contributed by atoms with Crippen molar-refractivity contribution >= 4 is 17.1 Å². The van der Waals surface area contributed by atoms with Crippen molar-refractivity contribution in [2.45, 2.75) is 57.5 Å². The topological polar surface area (TPSA) is 88.4 Å². The fourth-order valence-electron chi connectivity index (χ4n) is 6.20. The summed E-state index contributed by atoms with van der Waals surface area (Å²) in [7, 11) is 0. The molecule has 1 saturated carbocycles. The monoisotopic (exact) mass is 572 g/mol. The van der Waals surface area contributed by atoms with E-state index in [0.29, 0.717) is 17.9 Å². The summed E-state index contributed by atoms with van der Waals surface area (Å²) in [6.07, 6.45) is 6.06. The fourth-order valence-corrected chi connectivity index (χ4v) is 6.20. The first-order chi connectivity index (χ1) is 20.8. The number of para-hydroxylation sites is 1. The van der Waals surface area contributed by atoms with Crippen molar-refractivity contribution in [1.82, 2.24) is 19.9 Å². The Kier molecular flexibility index (Phi) is 7.57. The number of pyridine rings is 1. The van der Waals surface area contributed by atoms with Gasteiger partial charge in [0.1, 0.15) is 11.3 Å². The summed E-state index contributed by atoms with van der Waals surface area (Å²) >= 11 is 0. The van der Waals surface area contributed by atoms with E-state index in [-0.39, 0.29) is 0 Å². The largest absolute Gasteiger partial charge is 0.491 e. The molecular formula is C36H36N4O3. The van der Waals surface area contributed by atoms with Gasteiger partial charge in [-0.05, 0) is 75.4 Å². The van der Waals surface area contributed by atoms with Gasteiger partial charge in [0.15, 0.2) is 0 Å². The molecule has 5 aromatic rings. The van der Waals surface area contributed by atoms with Crippen LogP contribution in [0.15, 0.2) is 97.3 Å². The minimum absolute atomic E-state index is 0.505. The van der Waals surface area contributed by atoms with E-state index in [2.05, 4.69) is 17.1 Å². The van der Waals surface area contributed by atoms with Gasteiger partial charge in [-0.25, -0.2) is 14.8 Å². The molecule has 1 aliphatic rings. The molecule has 7 heteroatoms. The van der Waals surface area contributed by atoms with Gasteiger partial charge in [0.05, 0.1) is 29.1 Å². The normalized spacial score (nSPS) is 14.2. The molecule has 218 valence electrons. The van der Waals surface area contributed by atoms with Gasteiger partial charge in [-0.1, -0.05) is 60.7 Å². The molecule has 0 atom stereocenters. The van der Waals surface area contributed by atoms with Crippen molar-refractivity contribution in [3.05, 3.63) is 108 Å². The van der Waals surface area contributed by atoms with Gasteiger partial charge >= 0.3 is 6.09 Å². The average molecular weight is 573 g/mol. The number of fused-ring (bicyclic) bond motifs is 1. The van der Waals surface area contributed by atoms with Crippen LogP contribution in [0.5, 0.6) is 5.75 Å². The van der Waals surface area contributed by atoms with Crippen molar-refractivity contribution < 1.29 is 14.6 Å². The van der Waals surface area contributed by atoms with Crippen molar-refractivity contribution in [1.29, 1.82) is 0 Å². The van der Waals surface area contributed by atoms with Crippen LogP contribution in [-0.4, -0.2) is 43.2 Å². The zero-order chi connectivity index (χ0) is 30.0. The van der Waals surface area contributed by atoms with Crippen LogP contribution in [0.25, 0.3) is 33.5 Å². The minimum Gasteiger partial charge on any atom is -0.491 e. The first-order valence-corrected chi connectivity index (χ1v) is 14.8. The molecule has 0 spiro atoms. The molecule has 0 bridgehead atoms. The highest BCUT2D eigenvalue weighted by Crippen LogP contribution is 2.49. The third kappa shape index (κ3) is 5.55. The fraction of sp³-hybridized carbons (Fsp3) is 0.278. The van der Waals surface area contributed by atoms with Crippen LogP contribution in [0, 0.1) is 0 Å². The molecular weight excluding hydrogens is 536 g/mol. The highest BCUT2D eigenvalue weighted by molar-refractivity contribution is 5.89. The van der Waals surface area contributed by atoms with Crippen LogP contribution in [0.2, 0.25) is 0 Å². The maximum Gasteiger partial charge on any atom is 0.408 e. The number of rotatable bonds is 8. The van der Waals surface area contributed by atoms with E-state index in [1.165, 1.54) is 0 Å². The molecule has 0 aliphatic heterocycles. The van der Waals surface area contributed by atoms with Gasteiger partial charge in [0.25, 0.3) is 0 Å². The van der Waals surface area contributed by atoms with Crippen LogP contribution >= 0.6 is 0 Å². The lowest BCUT2D eigenvalue weighted by Crippen LogP contribution is -2.60. The zero-order valence-corrected chi connectivity index (χ0v) is 24.8. The first-order valence-electron chi connectivity index (χ1n) is 14.8. The number of carboxylic acid groups (broad SMARTS) is 1. The third-order valence-corrected chi connectivity index (χ3v) is 8.27. The standard InChI is InChI=1S/C36H36N4O3/c1-35(2,3)40(34(41)42)36(20-8-21-36)28-15-13-27(14-16-28)32-31(26-9-5-4-6-10-26)38-29-11-7-12-30(33(29)39-32)43-24-19-25-17-22-37-23-18-25/h4-7,9-18,22-23H,8,19-21,24H2,1-3H3,(H,41,42). The molecule has 6 rings (SSSR count). The average Bonchev–Trinajstić information content (AvgIpc) is 2.98. The Morgan fingerprint density at radius 1 is 0.860 bits per heavy atom. The van der Waals surface area contributed by atoms with E-state index in [1.807, 2.05) is 93.6 Å². The number of amides is 1. The molecule has 1 amide bonds. The summed E-state index contributed by atoms with van der Waals surface area (Å²) in [5.74, 6) is 0.687. The van der Waals surface area contributed by atoms with Gasteiger partial charge in [-0.15, -0.1) is 0 Å². The molecule has 7 nitrogen and oxygen atoms in total. The maximum absolute atomic E-state index is 12.5. The van der Waals surface area contributed by atoms with Crippen molar-refractivity contribution in [3.8, 4) is 28.3 Å². The Hall–Kier alpha value is -4.78. The van der Waals surface area contributed by atoms with Crippen LogP contribution in [0.1, 0.15) is 51.2 Å². The highest BCUT2D eigenvalue weighted by Gasteiger charge is 2.50. The lowest BCUT2D eigenvalue weighted by molar-refractivity contribution is -0.0328. The Morgan fingerprint density at radius 3 is 2.16 bits per heavy atom. The Labute approximate surface area is 252 Å². The predicted molar refractivity (Wildman–Crippen MR) is 169 cm³/mol. The van der Waals surface area contributed by atoms with Crippen molar-refractivity contribution in [2.24, 2.45) is 0 Å². The second-order valence-corrected chi connectivity index (χ2v) is 12.1. The van der Waals surface area contributed by atoms with Crippen LogP contribution in [0.3, 0.4) is 0 Å². The minimum atomic E-state index is -0.889. The smallest absolute Gasteiger partial charge is 0.408 e. The third-order valence-electron chi connectivity index (χ3n) is 8.27. The van der Waals surface area contributed by atoms with E-state index >= 15 is 0 Å². The second-order valence-electron chi connectivity index (χ2n) is 12.1. The number of nitrogens with zero attached hydrogens (tertiary/aromatic N) is 4. The predicted octanol–water partition coefficient (Wildman–Crippen LogP) is 8.14. The number of benzene rings is 3. The molecule has 1 N–H and O–H groups in total. The Balaban J connectivity index is 1.40. The lowest BCUT2D eigenvalue weighted by atomic mass is 9.69. The van der Waals surface area contributed by atoms with Crippen LogP contribution in [0.4, 0.5) is 4.79 Å². The quantitative estimate of drug-likeness (QED) is 0.202. The molecule has 2 aromatic heterocycles. The van der Waals surface area contributed by atoms with E-state index in [1.54, 1.807) is 17.3 Å².